The lowest BCUT2D eigenvalue weighted by atomic mass is 10.1. The molecule has 2 nitrogen and oxygen atoms in total. The van der Waals surface area contributed by atoms with E-state index in [4.69, 9.17) is 11.6 Å². The Bertz CT molecular complexity index is 384. The third-order valence-corrected chi connectivity index (χ3v) is 3.95. The number of halogens is 1. The van der Waals surface area contributed by atoms with Crippen LogP contribution in [0.1, 0.15) is 25.3 Å². The maximum absolute atomic E-state index is 6.10. The van der Waals surface area contributed by atoms with Crippen molar-refractivity contribution >= 4 is 17.3 Å². The molecular weight excluding hydrogens is 244 g/mol. The van der Waals surface area contributed by atoms with E-state index in [1.807, 2.05) is 6.07 Å². The van der Waals surface area contributed by atoms with Gasteiger partial charge in [0.05, 0.1) is 0 Å². The van der Waals surface area contributed by atoms with Crippen LogP contribution in [0.25, 0.3) is 0 Å². The van der Waals surface area contributed by atoms with Crippen molar-refractivity contribution in [2.45, 2.75) is 26.7 Å². The molecule has 0 spiro atoms. The van der Waals surface area contributed by atoms with Gasteiger partial charge in [-0.05, 0) is 37.6 Å². The largest absolute Gasteiger partial charge is 0.369 e. The molecule has 3 heteroatoms. The molecule has 1 fully saturated rings. The van der Waals surface area contributed by atoms with Gasteiger partial charge in [-0.3, -0.25) is 4.90 Å². The summed E-state index contributed by atoms with van der Waals surface area (Å²) in [5.74, 6) is 0. The second kappa shape index (κ2) is 6.44. The molecule has 1 aromatic rings. The molecule has 0 aromatic heterocycles. The summed E-state index contributed by atoms with van der Waals surface area (Å²) in [6, 6.07) is 6.18. The molecule has 1 saturated heterocycles. The highest BCUT2D eigenvalue weighted by atomic mass is 35.5. The van der Waals surface area contributed by atoms with Crippen LogP contribution >= 0.6 is 11.6 Å². The normalized spacial score (nSPS) is 17.2. The van der Waals surface area contributed by atoms with Gasteiger partial charge in [-0.2, -0.15) is 0 Å². The van der Waals surface area contributed by atoms with E-state index in [2.05, 4.69) is 35.8 Å². The van der Waals surface area contributed by atoms with Crippen molar-refractivity contribution in [1.82, 2.24) is 4.90 Å². The Morgan fingerprint density at radius 2 is 1.89 bits per heavy atom. The molecule has 0 bridgehead atoms. The van der Waals surface area contributed by atoms with Gasteiger partial charge in [-0.15, -0.1) is 0 Å². The predicted molar refractivity (Wildman–Crippen MR) is 79.8 cm³/mol. The van der Waals surface area contributed by atoms with E-state index in [-0.39, 0.29) is 0 Å². The Labute approximate surface area is 116 Å². The van der Waals surface area contributed by atoms with E-state index >= 15 is 0 Å². The number of rotatable bonds is 4. The van der Waals surface area contributed by atoms with Gasteiger partial charge in [0.2, 0.25) is 0 Å². The van der Waals surface area contributed by atoms with Crippen molar-refractivity contribution in [2.75, 3.05) is 37.6 Å². The molecule has 1 aliphatic rings. The first-order valence-corrected chi connectivity index (χ1v) is 7.32. The highest BCUT2D eigenvalue weighted by molar-refractivity contribution is 6.30. The first kappa shape index (κ1) is 13.7. The molecule has 2 rings (SSSR count). The van der Waals surface area contributed by atoms with Crippen LogP contribution in [0.15, 0.2) is 18.2 Å². The molecule has 0 unspecified atom stereocenters. The molecule has 0 radical (unpaired) electrons. The highest BCUT2D eigenvalue weighted by Gasteiger charge is 2.17. The minimum atomic E-state index is 0.837. The number of nitrogens with zero attached hydrogens (tertiary/aromatic N) is 2. The number of hydrogen-bond donors (Lipinski definition) is 0. The smallest absolute Gasteiger partial charge is 0.0426 e. The highest BCUT2D eigenvalue weighted by Crippen LogP contribution is 2.25. The van der Waals surface area contributed by atoms with Crippen LogP contribution < -0.4 is 4.90 Å². The average Bonchev–Trinajstić information content (AvgIpc) is 2.40. The SMILES string of the molecule is CCCCN1CCN(c2cc(Cl)ccc2C)CC1. The van der Waals surface area contributed by atoms with E-state index in [0.29, 0.717) is 0 Å². The second-order valence-corrected chi connectivity index (χ2v) is 5.55. The summed E-state index contributed by atoms with van der Waals surface area (Å²) in [5, 5.41) is 0.837. The van der Waals surface area contributed by atoms with Crippen LogP contribution in [-0.2, 0) is 0 Å². The molecule has 100 valence electrons. The van der Waals surface area contributed by atoms with Crippen molar-refractivity contribution < 1.29 is 0 Å². The van der Waals surface area contributed by atoms with Gasteiger partial charge in [-0.1, -0.05) is 31.0 Å². The quantitative estimate of drug-likeness (QED) is 0.822. The number of aryl methyl sites for hydroxylation is 1. The summed E-state index contributed by atoms with van der Waals surface area (Å²) in [7, 11) is 0. The maximum Gasteiger partial charge on any atom is 0.0426 e. The average molecular weight is 267 g/mol. The van der Waals surface area contributed by atoms with Crippen molar-refractivity contribution in [1.29, 1.82) is 0 Å². The monoisotopic (exact) mass is 266 g/mol. The van der Waals surface area contributed by atoms with Crippen molar-refractivity contribution in [3.05, 3.63) is 28.8 Å². The lowest BCUT2D eigenvalue weighted by Crippen LogP contribution is -2.46. The molecule has 0 saturated carbocycles. The Kier molecular flexibility index (Phi) is 4.90. The van der Waals surface area contributed by atoms with E-state index in [9.17, 15) is 0 Å². The number of hydrogen-bond acceptors (Lipinski definition) is 2. The van der Waals surface area contributed by atoms with Crippen molar-refractivity contribution in [2.24, 2.45) is 0 Å². The first-order chi connectivity index (χ1) is 8.70. The zero-order chi connectivity index (χ0) is 13.0. The molecule has 0 aliphatic carbocycles. The molecule has 1 aliphatic heterocycles. The summed E-state index contributed by atoms with van der Waals surface area (Å²) in [4.78, 5) is 5.03. The Hall–Kier alpha value is -0.730. The standard InChI is InChI=1S/C15H23ClN2/c1-3-4-7-17-8-10-18(11-9-17)15-12-14(16)6-5-13(15)2/h5-6,12H,3-4,7-11H2,1-2H3. The summed E-state index contributed by atoms with van der Waals surface area (Å²) in [6.45, 7) is 10.2. The summed E-state index contributed by atoms with van der Waals surface area (Å²) < 4.78 is 0. The van der Waals surface area contributed by atoms with E-state index in [1.54, 1.807) is 0 Å². The fourth-order valence-electron chi connectivity index (χ4n) is 2.52. The zero-order valence-corrected chi connectivity index (χ0v) is 12.2. The topological polar surface area (TPSA) is 6.48 Å². The van der Waals surface area contributed by atoms with Gasteiger partial charge < -0.3 is 4.90 Å². The molecule has 0 amide bonds. The van der Waals surface area contributed by atoms with E-state index in [0.717, 1.165) is 18.1 Å². The van der Waals surface area contributed by atoms with Crippen LogP contribution in [0.4, 0.5) is 5.69 Å². The molecule has 0 N–H and O–H groups in total. The Morgan fingerprint density at radius 3 is 2.56 bits per heavy atom. The lowest BCUT2D eigenvalue weighted by Gasteiger charge is -2.36. The first-order valence-electron chi connectivity index (χ1n) is 6.94. The molecule has 18 heavy (non-hydrogen) atoms. The predicted octanol–water partition coefficient (Wildman–Crippen LogP) is 3.57. The van der Waals surface area contributed by atoms with Gasteiger partial charge in [0, 0.05) is 36.9 Å². The minimum Gasteiger partial charge on any atom is -0.369 e. The maximum atomic E-state index is 6.10. The summed E-state index contributed by atoms with van der Waals surface area (Å²) >= 11 is 6.10. The van der Waals surface area contributed by atoms with E-state index < -0.39 is 0 Å². The zero-order valence-electron chi connectivity index (χ0n) is 11.5. The fourth-order valence-corrected chi connectivity index (χ4v) is 2.68. The van der Waals surface area contributed by atoms with Crippen LogP contribution in [0.2, 0.25) is 5.02 Å². The fraction of sp³-hybridized carbons (Fsp3) is 0.600. The third-order valence-electron chi connectivity index (χ3n) is 3.71. The van der Waals surface area contributed by atoms with Crippen LogP contribution in [0, 0.1) is 6.92 Å². The lowest BCUT2D eigenvalue weighted by molar-refractivity contribution is 0.254. The molecule has 1 aromatic carbocycles. The molecule has 1 heterocycles. The number of piperazine rings is 1. The van der Waals surface area contributed by atoms with Gasteiger partial charge >= 0.3 is 0 Å². The Morgan fingerprint density at radius 1 is 1.17 bits per heavy atom. The van der Waals surface area contributed by atoms with Crippen LogP contribution in [-0.4, -0.2) is 37.6 Å². The third kappa shape index (κ3) is 3.39. The summed E-state index contributed by atoms with van der Waals surface area (Å²) in [5.41, 5.74) is 2.62. The number of anilines is 1. The van der Waals surface area contributed by atoms with E-state index in [1.165, 1.54) is 43.7 Å². The van der Waals surface area contributed by atoms with Gasteiger partial charge in [0.15, 0.2) is 0 Å². The molecular formula is C15H23ClN2. The minimum absolute atomic E-state index is 0.837. The Balaban J connectivity index is 1.94. The second-order valence-electron chi connectivity index (χ2n) is 5.11. The van der Waals surface area contributed by atoms with Gasteiger partial charge in [-0.25, -0.2) is 0 Å². The summed E-state index contributed by atoms with van der Waals surface area (Å²) in [6.07, 6.45) is 2.60. The van der Waals surface area contributed by atoms with Gasteiger partial charge in [0.1, 0.15) is 0 Å². The van der Waals surface area contributed by atoms with Crippen molar-refractivity contribution in [3.8, 4) is 0 Å². The number of benzene rings is 1. The molecule has 0 atom stereocenters. The van der Waals surface area contributed by atoms with Crippen molar-refractivity contribution in [3.63, 3.8) is 0 Å². The number of unbranched alkanes of at least 4 members (excludes halogenated alkanes) is 1. The van der Waals surface area contributed by atoms with Crippen LogP contribution in [0.5, 0.6) is 0 Å². The van der Waals surface area contributed by atoms with Gasteiger partial charge in [0.25, 0.3) is 0 Å². The van der Waals surface area contributed by atoms with Crippen LogP contribution in [0.3, 0.4) is 0 Å².